The summed E-state index contributed by atoms with van der Waals surface area (Å²) >= 11 is 4.08. The highest BCUT2D eigenvalue weighted by molar-refractivity contribution is 7.80. The highest BCUT2D eigenvalue weighted by atomic mass is 32.1. The summed E-state index contributed by atoms with van der Waals surface area (Å²) in [6.45, 7) is 1.91. The summed E-state index contributed by atoms with van der Waals surface area (Å²) in [7, 11) is 0. The predicted octanol–water partition coefficient (Wildman–Crippen LogP) is 3.05. The van der Waals surface area contributed by atoms with Crippen molar-refractivity contribution in [3.05, 3.63) is 35.2 Å². The maximum absolute atomic E-state index is 13.1. The summed E-state index contributed by atoms with van der Waals surface area (Å²) in [6.07, 6.45) is 4.76. The van der Waals surface area contributed by atoms with E-state index in [9.17, 15) is 4.39 Å². The summed E-state index contributed by atoms with van der Waals surface area (Å²) in [4.78, 5) is 0. The van der Waals surface area contributed by atoms with Crippen LogP contribution in [0.3, 0.4) is 0 Å². The number of aryl methyl sites for hydroxylation is 1. The first-order valence-electron chi connectivity index (χ1n) is 4.48. The lowest BCUT2D eigenvalue weighted by molar-refractivity contribution is 0.632. The van der Waals surface area contributed by atoms with Crippen LogP contribution in [0.2, 0.25) is 0 Å². The Hall–Kier alpha value is -0.960. The topological polar surface area (TPSA) is 26.0 Å². The van der Waals surface area contributed by atoms with Crippen molar-refractivity contribution in [2.75, 3.05) is 11.5 Å². The molecule has 0 unspecified atom stereocenters. The molecule has 0 amide bonds. The van der Waals surface area contributed by atoms with Crippen molar-refractivity contribution >= 4 is 24.4 Å². The Morgan fingerprint density at radius 2 is 2.21 bits per heavy atom. The molecule has 0 aromatic heterocycles. The zero-order valence-electron chi connectivity index (χ0n) is 8.13. The smallest absolute Gasteiger partial charge is 0.146 e. The molecule has 1 rings (SSSR count). The van der Waals surface area contributed by atoms with Crippen LogP contribution in [0.15, 0.2) is 18.2 Å². The van der Waals surface area contributed by atoms with E-state index in [1.165, 1.54) is 6.07 Å². The summed E-state index contributed by atoms with van der Waals surface area (Å²) in [5, 5.41) is 0. The molecule has 1 nitrogen and oxygen atoms in total. The molecule has 0 heterocycles. The Labute approximate surface area is 89.2 Å². The average molecular weight is 211 g/mol. The molecule has 0 spiro atoms. The van der Waals surface area contributed by atoms with Gasteiger partial charge in [-0.25, -0.2) is 4.39 Å². The Kier molecular flexibility index (Phi) is 4.01. The molecule has 0 bridgehead atoms. The van der Waals surface area contributed by atoms with Gasteiger partial charge in [-0.05, 0) is 42.4 Å². The quantitative estimate of drug-likeness (QED) is 0.583. The predicted molar refractivity (Wildman–Crippen MR) is 63.1 cm³/mol. The van der Waals surface area contributed by atoms with Crippen LogP contribution in [0.25, 0.3) is 6.08 Å². The lowest BCUT2D eigenvalue weighted by Crippen LogP contribution is -1.93. The van der Waals surface area contributed by atoms with E-state index in [1.54, 1.807) is 6.07 Å². The molecule has 0 aliphatic carbocycles. The number of hydrogen-bond donors (Lipinski definition) is 2. The average Bonchev–Trinajstić information content (AvgIpc) is 2.14. The normalized spacial score (nSPS) is 11.1. The van der Waals surface area contributed by atoms with Crippen LogP contribution in [-0.4, -0.2) is 5.75 Å². The number of anilines is 1. The third-order valence-electron chi connectivity index (χ3n) is 1.98. The van der Waals surface area contributed by atoms with Gasteiger partial charge < -0.3 is 5.73 Å². The standard InChI is InChI=1S/C11H14FNS/c1-8-6-11(13)10(12)7-9(8)4-2-3-5-14/h2,4,6-7,14H,3,5,13H2,1H3. The zero-order valence-corrected chi connectivity index (χ0v) is 9.02. The third kappa shape index (κ3) is 2.77. The van der Waals surface area contributed by atoms with Crippen molar-refractivity contribution in [1.29, 1.82) is 0 Å². The van der Waals surface area contributed by atoms with Crippen molar-refractivity contribution in [1.82, 2.24) is 0 Å². The van der Waals surface area contributed by atoms with Gasteiger partial charge in [-0.2, -0.15) is 12.6 Å². The van der Waals surface area contributed by atoms with E-state index in [-0.39, 0.29) is 11.5 Å². The van der Waals surface area contributed by atoms with Crippen molar-refractivity contribution in [2.24, 2.45) is 0 Å². The van der Waals surface area contributed by atoms with Gasteiger partial charge in [-0.15, -0.1) is 0 Å². The minimum absolute atomic E-state index is 0.203. The first-order chi connectivity index (χ1) is 6.65. The lowest BCUT2D eigenvalue weighted by atomic mass is 10.1. The number of nitrogen functional groups attached to an aromatic ring is 1. The van der Waals surface area contributed by atoms with Crippen molar-refractivity contribution in [2.45, 2.75) is 13.3 Å². The van der Waals surface area contributed by atoms with Crippen molar-refractivity contribution < 1.29 is 4.39 Å². The lowest BCUT2D eigenvalue weighted by Gasteiger charge is -2.03. The first-order valence-corrected chi connectivity index (χ1v) is 5.11. The van der Waals surface area contributed by atoms with Crippen LogP contribution < -0.4 is 5.73 Å². The van der Waals surface area contributed by atoms with Gasteiger partial charge in [0.1, 0.15) is 5.82 Å². The highest BCUT2D eigenvalue weighted by Gasteiger charge is 2.01. The molecule has 2 N–H and O–H groups in total. The van der Waals surface area contributed by atoms with Crippen LogP contribution in [0.5, 0.6) is 0 Å². The third-order valence-corrected chi connectivity index (χ3v) is 2.24. The van der Waals surface area contributed by atoms with E-state index in [0.29, 0.717) is 0 Å². The maximum Gasteiger partial charge on any atom is 0.146 e. The fraction of sp³-hybridized carbons (Fsp3) is 0.273. The van der Waals surface area contributed by atoms with Gasteiger partial charge in [-0.3, -0.25) is 0 Å². The van der Waals surface area contributed by atoms with E-state index in [0.717, 1.165) is 23.3 Å². The molecule has 3 heteroatoms. The molecule has 1 aromatic rings. The Balaban J connectivity index is 2.92. The van der Waals surface area contributed by atoms with Gasteiger partial charge in [-0.1, -0.05) is 12.2 Å². The fourth-order valence-corrected chi connectivity index (χ4v) is 1.33. The van der Waals surface area contributed by atoms with E-state index in [1.807, 2.05) is 19.1 Å². The number of benzene rings is 1. The number of allylic oxidation sites excluding steroid dienone is 1. The number of thiol groups is 1. The minimum Gasteiger partial charge on any atom is -0.396 e. The molecule has 0 saturated carbocycles. The second kappa shape index (κ2) is 5.05. The SMILES string of the molecule is Cc1cc(N)c(F)cc1C=CCCS. The summed E-state index contributed by atoms with van der Waals surface area (Å²) in [6, 6.07) is 3.11. The number of rotatable bonds is 3. The van der Waals surface area contributed by atoms with Gasteiger partial charge in [0, 0.05) is 0 Å². The van der Waals surface area contributed by atoms with Crippen LogP contribution >= 0.6 is 12.6 Å². The van der Waals surface area contributed by atoms with E-state index >= 15 is 0 Å². The van der Waals surface area contributed by atoms with E-state index in [2.05, 4.69) is 12.6 Å². The molecule has 0 aliphatic rings. The van der Waals surface area contributed by atoms with Gasteiger partial charge >= 0.3 is 0 Å². The second-order valence-corrected chi connectivity index (χ2v) is 3.59. The monoisotopic (exact) mass is 211 g/mol. The van der Waals surface area contributed by atoms with Gasteiger partial charge in [0.15, 0.2) is 0 Å². The van der Waals surface area contributed by atoms with Crippen LogP contribution in [-0.2, 0) is 0 Å². The van der Waals surface area contributed by atoms with Crippen LogP contribution in [0.4, 0.5) is 10.1 Å². The van der Waals surface area contributed by atoms with E-state index < -0.39 is 0 Å². The van der Waals surface area contributed by atoms with Crippen molar-refractivity contribution in [3.63, 3.8) is 0 Å². The first kappa shape index (κ1) is 11.1. The molecule has 0 fully saturated rings. The van der Waals surface area contributed by atoms with Crippen LogP contribution in [0.1, 0.15) is 17.5 Å². The van der Waals surface area contributed by atoms with Gasteiger partial charge in [0.2, 0.25) is 0 Å². The maximum atomic E-state index is 13.1. The minimum atomic E-state index is -0.360. The van der Waals surface area contributed by atoms with Gasteiger partial charge in [0.05, 0.1) is 5.69 Å². The summed E-state index contributed by atoms with van der Waals surface area (Å²) in [5.41, 5.74) is 7.49. The molecule has 0 radical (unpaired) electrons. The van der Waals surface area contributed by atoms with Gasteiger partial charge in [0.25, 0.3) is 0 Å². The largest absolute Gasteiger partial charge is 0.396 e. The Morgan fingerprint density at radius 1 is 1.50 bits per heavy atom. The fourth-order valence-electron chi connectivity index (χ4n) is 1.18. The zero-order chi connectivity index (χ0) is 10.6. The molecule has 1 aromatic carbocycles. The Morgan fingerprint density at radius 3 is 2.86 bits per heavy atom. The second-order valence-electron chi connectivity index (χ2n) is 3.14. The number of hydrogen-bond acceptors (Lipinski definition) is 2. The molecular formula is C11H14FNS. The van der Waals surface area contributed by atoms with Crippen molar-refractivity contribution in [3.8, 4) is 0 Å². The molecule has 76 valence electrons. The Bertz CT molecular complexity index is 347. The number of nitrogens with two attached hydrogens (primary N) is 1. The molecule has 0 atom stereocenters. The van der Waals surface area contributed by atoms with Crippen LogP contribution in [0, 0.1) is 12.7 Å². The highest BCUT2D eigenvalue weighted by Crippen LogP contribution is 2.18. The summed E-state index contributed by atoms with van der Waals surface area (Å²) in [5.74, 6) is 0.439. The molecule has 0 aliphatic heterocycles. The summed E-state index contributed by atoms with van der Waals surface area (Å²) < 4.78 is 13.1. The van der Waals surface area contributed by atoms with E-state index in [4.69, 9.17) is 5.73 Å². The molecular weight excluding hydrogens is 197 g/mol. The number of halogens is 1. The molecule has 14 heavy (non-hydrogen) atoms. The molecule has 0 saturated heterocycles.